The number of hydrogen-bond acceptors (Lipinski definition) is 6. The summed E-state index contributed by atoms with van der Waals surface area (Å²) >= 11 is 0. The number of nitrogens with zero attached hydrogens (tertiary/aromatic N) is 2. The van der Waals surface area contributed by atoms with Crippen molar-refractivity contribution in [3.8, 4) is 22.6 Å². The van der Waals surface area contributed by atoms with Gasteiger partial charge < -0.3 is 20.2 Å². The van der Waals surface area contributed by atoms with E-state index >= 15 is 0 Å². The number of ether oxygens (including phenoxy) is 1. The van der Waals surface area contributed by atoms with Crippen molar-refractivity contribution in [3.63, 3.8) is 0 Å². The van der Waals surface area contributed by atoms with Gasteiger partial charge in [-0.15, -0.1) is 0 Å². The fourth-order valence-electron chi connectivity index (χ4n) is 3.94. The van der Waals surface area contributed by atoms with Gasteiger partial charge in [0.25, 0.3) is 0 Å². The Balaban J connectivity index is 0.000000196. The zero-order chi connectivity index (χ0) is 29.2. The molecule has 5 aromatic rings. The van der Waals surface area contributed by atoms with E-state index in [0.717, 1.165) is 39.2 Å². The number of carbonyl (C=O) groups is 2. The van der Waals surface area contributed by atoms with Crippen LogP contribution in [-0.2, 0) is 9.59 Å². The monoisotopic (exact) mass is 553 g/mol. The Morgan fingerprint density at radius 2 is 1.68 bits per heavy atom. The van der Waals surface area contributed by atoms with Gasteiger partial charge >= 0.3 is 0 Å². The molecule has 1 aliphatic rings. The van der Waals surface area contributed by atoms with Crippen LogP contribution < -0.4 is 15.4 Å². The van der Waals surface area contributed by atoms with Gasteiger partial charge in [-0.2, -0.15) is 5.10 Å². The first kappa shape index (κ1) is 28.9. The Morgan fingerprint density at radius 1 is 0.976 bits per heavy atom. The third-order valence-electron chi connectivity index (χ3n) is 6.47. The second-order valence-corrected chi connectivity index (χ2v) is 9.14. The number of fused-ring (bicyclic) bond motifs is 1. The van der Waals surface area contributed by atoms with Gasteiger partial charge in [0.2, 0.25) is 5.91 Å². The molecule has 2 aromatic heterocycles. The predicted molar refractivity (Wildman–Crippen MR) is 159 cm³/mol. The molecule has 9 heteroatoms. The second-order valence-electron chi connectivity index (χ2n) is 9.14. The second kappa shape index (κ2) is 13.3. The molecule has 1 fully saturated rings. The Hall–Kier alpha value is -5.05. The topological polar surface area (TPSA) is 109 Å². The minimum absolute atomic E-state index is 0.302. The first-order chi connectivity index (χ1) is 20.0. The number of aromatic amines is 1. The average Bonchev–Trinajstić information content (AvgIpc) is 3.64. The first-order valence-corrected chi connectivity index (χ1v) is 13.4. The predicted octanol–water partition coefficient (Wildman–Crippen LogP) is 7.23. The van der Waals surface area contributed by atoms with E-state index in [9.17, 15) is 14.0 Å². The molecule has 0 unspecified atom stereocenters. The van der Waals surface area contributed by atoms with Gasteiger partial charge in [-0.1, -0.05) is 19.9 Å². The molecule has 1 aliphatic carbocycles. The molecule has 0 spiro atoms. The van der Waals surface area contributed by atoms with Crippen LogP contribution in [0.1, 0.15) is 26.7 Å². The summed E-state index contributed by atoms with van der Waals surface area (Å²) in [5.41, 5.74) is 3.72. The average molecular weight is 554 g/mol. The highest BCUT2D eigenvalue weighted by atomic mass is 19.1. The van der Waals surface area contributed by atoms with Gasteiger partial charge in [-0.05, 0) is 85.1 Å². The van der Waals surface area contributed by atoms with Crippen LogP contribution in [0.3, 0.4) is 0 Å². The van der Waals surface area contributed by atoms with E-state index in [1.807, 2.05) is 75.6 Å². The number of pyridine rings is 1. The fraction of sp³-hybridized carbons (Fsp3) is 0.188. The van der Waals surface area contributed by atoms with Crippen LogP contribution >= 0.6 is 0 Å². The molecule has 0 saturated heterocycles. The maximum Gasteiger partial charge on any atom is 0.237 e. The molecule has 3 aromatic carbocycles. The molecule has 41 heavy (non-hydrogen) atoms. The molecular formula is C32H32FN5O3. The van der Waals surface area contributed by atoms with Crippen molar-refractivity contribution in [2.45, 2.75) is 26.7 Å². The van der Waals surface area contributed by atoms with Crippen molar-refractivity contribution >= 4 is 34.5 Å². The van der Waals surface area contributed by atoms with Crippen LogP contribution in [-0.4, -0.2) is 34.4 Å². The van der Waals surface area contributed by atoms with E-state index in [4.69, 9.17) is 4.74 Å². The highest BCUT2D eigenvalue weighted by molar-refractivity contribution is 6.07. The van der Waals surface area contributed by atoms with Gasteiger partial charge in [0.05, 0.1) is 11.7 Å². The lowest BCUT2D eigenvalue weighted by atomic mass is 10.1. The van der Waals surface area contributed by atoms with Crippen molar-refractivity contribution < 1.29 is 18.7 Å². The maximum absolute atomic E-state index is 12.6. The largest absolute Gasteiger partial charge is 0.457 e. The number of halogens is 1. The number of H-pyrrole nitrogens is 1. The van der Waals surface area contributed by atoms with Crippen LogP contribution in [0.5, 0.6) is 11.5 Å². The number of anilines is 2. The lowest BCUT2D eigenvalue weighted by Gasteiger charge is -2.10. The van der Waals surface area contributed by atoms with Crippen molar-refractivity contribution in [1.82, 2.24) is 15.2 Å². The van der Waals surface area contributed by atoms with Gasteiger partial charge in [0.1, 0.15) is 29.0 Å². The minimum atomic E-state index is -0.825. The number of aldehydes is 1. The summed E-state index contributed by atoms with van der Waals surface area (Å²) in [5.74, 6) is 0.921. The Kier molecular flexibility index (Phi) is 9.42. The number of amides is 1. The number of nitrogens with one attached hydrogen (secondary N) is 3. The van der Waals surface area contributed by atoms with Crippen molar-refractivity contribution in [2.24, 2.45) is 5.41 Å². The van der Waals surface area contributed by atoms with Gasteiger partial charge in [-0.25, -0.2) is 4.39 Å². The Bertz CT molecular complexity index is 1580. The van der Waals surface area contributed by atoms with Crippen LogP contribution in [0.2, 0.25) is 0 Å². The third kappa shape index (κ3) is 7.13. The summed E-state index contributed by atoms with van der Waals surface area (Å²) in [4.78, 5) is 26.7. The van der Waals surface area contributed by atoms with Gasteiger partial charge in [0, 0.05) is 41.8 Å². The minimum Gasteiger partial charge on any atom is -0.457 e. The van der Waals surface area contributed by atoms with Crippen LogP contribution in [0.4, 0.5) is 15.8 Å². The molecule has 1 saturated carbocycles. The summed E-state index contributed by atoms with van der Waals surface area (Å²) < 4.78 is 18.6. The number of rotatable bonds is 7. The SMILES string of the molecule is CC.CNc1ccc(Oc2ccnc3cc(-c4cn[nH]c4)ccc23)cc1.O=CC1(C(=O)Nc2ccc(F)cc2)CC1. The van der Waals surface area contributed by atoms with E-state index in [2.05, 4.69) is 25.8 Å². The lowest BCUT2D eigenvalue weighted by molar-refractivity contribution is -0.126. The smallest absolute Gasteiger partial charge is 0.237 e. The van der Waals surface area contributed by atoms with Crippen LogP contribution in [0.25, 0.3) is 22.0 Å². The van der Waals surface area contributed by atoms with Gasteiger partial charge in [-0.3, -0.25) is 14.9 Å². The number of hydrogen-bond donors (Lipinski definition) is 3. The van der Waals surface area contributed by atoms with Crippen LogP contribution in [0.15, 0.2) is 91.4 Å². The molecule has 2 heterocycles. The molecule has 8 nitrogen and oxygen atoms in total. The molecule has 0 atom stereocenters. The highest BCUT2D eigenvalue weighted by Gasteiger charge is 2.50. The highest BCUT2D eigenvalue weighted by Crippen LogP contribution is 2.44. The number of carbonyl (C=O) groups excluding carboxylic acids is 2. The summed E-state index contributed by atoms with van der Waals surface area (Å²) in [6.45, 7) is 4.00. The molecule has 0 aliphatic heterocycles. The summed E-state index contributed by atoms with van der Waals surface area (Å²) in [6, 6.07) is 21.3. The van der Waals surface area contributed by atoms with E-state index in [0.29, 0.717) is 24.8 Å². The normalized spacial score (nSPS) is 12.6. The van der Waals surface area contributed by atoms with Gasteiger partial charge in [0.15, 0.2) is 0 Å². The number of aromatic nitrogens is 3. The standard InChI is InChI=1S/C19H16N4O.C11H10FNO2.C2H6/c1-20-15-3-5-16(6-4-15)24-19-8-9-21-18-10-13(2-7-17(18)19)14-11-22-23-12-14;12-8-1-3-9(4-2-8)13-10(15)11(7-14)5-6-11;1-2/h2-12,20H,1H3,(H,22,23);1-4,7H,5-6H2,(H,13,15);1-2H3. The zero-order valence-electron chi connectivity index (χ0n) is 23.1. The zero-order valence-corrected chi connectivity index (χ0v) is 23.1. The summed E-state index contributed by atoms with van der Waals surface area (Å²) in [6.07, 6.45) is 7.31. The molecular weight excluding hydrogens is 521 g/mol. The van der Waals surface area contributed by atoms with Crippen molar-refractivity contribution in [1.29, 1.82) is 0 Å². The van der Waals surface area contributed by atoms with E-state index in [1.165, 1.54) is 24.3 Å². The quantitative estimate of drug-likeness (QED) is 0.145. The lowest BCUT2D eigenvalue weighted by Crippen LogP contribution is -2.25. The molecule has 0 radical (unpaired) electrons. The van der Waals surface area contributed by atoms with E-state index < -0.39 is 5.41 Å². The fourth-order valence-corrected chi connectivity index (χ4v) is 3.94. The third-order valence-corrected chi connectivity index (χ3v) is 6.47. The van der Waals surface area contributed by atoms with E-state index in [1.54, 1.807) is 12.4 Å². The van der Waals surface area contributed by atoms with Crippen molar-refractivity contribution in [2.75, 3.05) is 17.7 Å². The van der Waals surface area contributed by atoms with Crippen LogP contribution in [0, 0.1) is 11.2 Å². The first-order valence-electron chi connectivity index (χ1n) is 13.4. The Morgan fingerprint density at radius 3 is 2.29 bits per heavy atom. The van der Waals surface area contributed by atoms with Crippen molar-refractivity contribution in [3.05, 3.63) is 97.2 Å². The molecule has 0 bridgehead atoms. The summed E-state index contributed by atoms with van der Waals surface area (Å²) in [7, 11) is 1.89. The Labute approximate surface area is 238 Å². The maximum atomic E-state index is 12.6. The molecule has 1 amide bonds. The molecule has 210 valence electrons. The number of benzene rings is 3. The summed E-state index contributed by atoms with van der Waals surface area (Å²) in [5, 5.41) is 13.5. The molecule has 3 N–H and O–H groups in total. The van der Waals surface area contributed by atoms with E-state index in [-0.39, 0.29) is 11.7 Å². The molecule has 6 rings (SSSR count).